The first-order valence-corrected chi connectivity index (χ1v) is 6.55. The lowest BCUT2D eigenvalue weighted by Crippen LogP contribution is -2.08. The summed E-state index contributed by atoms with van der Waals surface area (Å²) in [6.45, 7) is 2.05. The Balaban J connectivity index is 2.18. The van der Waals surface area contributed by atoms with Gasteiger partial charge in [-0.05, 0) is 34.5 Å². The van der Waals surface area contributed by atoms with Gasteiger partial charge in [0.25, 0.3) is 0 Å². The molecule has 0 aliphatic rings. The molecule has 0 amide bonds. The van der Waals surface area contributed by atoms with Gasteiger partial charge >= 0.3 is 0 Å². The van der Waals surface area contributed by atoms with Gasteiger partial charge in [0.15, 0.2) is 5.78 Å². The second-order valence-corrected chi connectivity index (χ2v) is 5.01. The monoisotopic (exact) mass is 307 g/mol. The first-order valence-electron chi connectivity index (χ1n) is 5.75. The van der Waals surface area contributed by atoms with E-state index >= 15 is 0 Å². The van der Waals surface area contributed by atoms with Crippen LogP contribution in [0, 0.1) is 0 Å². The van der Waals surface area contributed by atoms with Crippen LogP contribution in [-0.2, 0) is 19.9 Å². The van der Waals surface area contributed by atoms with Crippen LogP contribution < -0.4 is 0 Å². The number of ketones is 1. The van der Waals surface area contributed by atoms with Gasteiger partial charge in [0.05, 0.1) is 12.1 Å². The molecule has 0 atom stereocenters. The van der Waals surface area contributed by atoms with Gasteiger partial charge < -0.3 is 0 Å². The van der Waals surface area contributed by atoms with Crippen LogP contribution in [0.5, 0.6) is 0 Å². The zero-order valence-corrected chi connectivity index (χ0v) is 11.9. The Morgan fingerprint density at radius 2 is 2.17 bits per heavy atom. The smallest absolute Gasteiger partial charge is 0.170 e. The number of aryl methyl sites for hydroxylation is 2. The number of halogens is 1. The van der Waals surface area contributed by atoms with Crippen LogP contribution >= 0.6 is 15.9 Å². The molecule has 0 unspecified atom stereocenters. The number of Topliss-reactive ketones (excluding diaryl/α,β-unsaturated/α-hetero) is 1. The van der Waals surface area contributed by atoms with Crippen molar-refractivity contribution in [1.82, 2.24) is 14.8 Å². The average Bonchev–Trinajstić information content (AvgIpc) is 2.70. The third kappa shape index (κ3) is 2.85. The molecule has 0 aliphatic heterocycles. The Hall–Kier alpha value is -1.49. The van der Waals surface area contributed by atoms with Crippen molar-refractivity contribution in [3.63, 3.8) is 0 Å². The topological polar surface area (TPSA) is 47.8 Å². The number of aromatic nitrogens is 3. The van der Waals surface area contributed by atoms with Crippen LogP contribution in [0.4, 0.5) is 0 Å². The molecule has 2 heterocycles. The molecule has 18 heavy (non-hydrogen) atoms. The van der Waals surface area contributed by atoms with Gasteiger partial charge in [-0.2, -0.15) is 5.10 Å². The maximum Gasteiger partial charge on any atom is 0.170 e. The average molecular weight is 308 g/mol. The number of carbonyl (C=O) groups is 1. The van der Waals surface area contributed by atoms with Crippen molar-refractivity contribution in [2.24, 2.45) is 7.05 Å². The lowest BCUT2D eigenvalue weighted by Gasteiger charge is -2.01. The largest absolute Gasteiger partial charge is 0.294 e. The van der Waals surface area contributed by atoms with Crippen LogP contribution in [0.2, 0.25) is 0 Å². The summed E-state index contributed by atoms with van der Waals surface area (Å²) in [4.78, 5) is 16.1. The fraction of sp³-hybridized carbons (Fsp3) is 0.308. The number of rotatable bonds is 4. The summed E-state index contributed by atoms with van der Waals surface area (Å²) in [6, 6.07) is 3.76. The maximum atomic E-state index is 12.1. The summed E-state index contributed by atoms with van der Waals surface area (Å²) in [5, 5.41) is 4.33. The normalized spacial score (nSPS) is 10.6. The first-order chi connectivity index (χ1) is 8.60. The number of hydrogen-bond donors (Lipinski definition) is 0. The van der Waals surface area contributed by atoms with Gasteiger partial charge in [0.1, 0.15) is 0 Å². The van der Waals surface area contributed by atoms with E-state index in [9.17, 15) is 4.79 Å². The van der Waals surface area contributed by atoms with Crippen molar-refractivity contribution in [3.05, 3.63) is 46.0 Å². The molecule has 2 rings (SSSR count). The summed E-state index contributed by atoms with van der Waals surface area (Å²) >= 11 is 3.31. The molecule has 0 aromatic carbocycles. The Bertz CT molecular complexity index is 577. The zero-order chi connectivity index (χ0) is 13.1. The first kappa shape index (κ1) is 13.0. The summed E-state index contributed by atoms with van der Waals surface area (Å²) in [5.74, 6) is 0.0504. The van der Waals surface area contributed by atoms with E-state index in [1.165, 1.54) is 0 Å². The third-order valence-electron chi connectivity index (χ3n) is 2.76. The molecule has 2 aromatic heterocycles. The SMILES string of the molecule is CCc1cc(CC(=O)c2cncc(Br)c2)n(C)n1. The van der Waals surface area contributed by atoms with Crippen molar-refractivity contribution >= 4 is 21.7 Å². The minimum Gasteiger partial charge on any atom is -0.294 e. The van der Waals surface area contributed by atoms with Crippen molar-refractivity contribution in [3.8, 4) is 0 Å². The fourth-order valence-corrected chi connectivity index (χ4v) is 2.11. The number of nitrogens with zero attached hydrogens (tertiary/aromatic N) is 3. The van der Waals surface area contributed by atoms with Gasteiger partial charge in [-0.25, -0.2) is 0 Å². The van der Waals surface area contributed by atoms with Gasteiger partial charge in [0.2, 0.25) is 0 Å². The van der Waals surface area contributed by atoms with Crippen LogP contribution in [0.3, 0.4) is 0 Å². The Morgan fingerprint density at radius 3 is 2.78 bits per heavy atom. The second kappa shape index (κ2) is 5.44. The molecule has 0 N–H and O–H groups in total. The van der Waals surface area contributed by atoms with E-state index < -0.39 is 0 Å². The maximum absolute atomic E-state index is 12.1. The molecular formula is C13H14BrN3O. The van der Waals surface area contributed by atoms with E-state index in [1.54, 1.807) is 23.1 Å². The molecule has 0 fully saturated rings. The molecule has 0 saturated carbocycles. The summed E-state index contributed by atoms with van der Waals surface area (Å²) in [7, 11) is 1.86. The van der Waals surface area contributed by atoms with E-state index in [2.05, 4.69) is 26.0 Å². The molecule has 0 aliphatic carbocycles. The quantitative estimate of drug-likeness (QED) is 0.816. The lowest BCUT2D eigenvalue weighted by atomic mass is 10.1. The van der Waals surface area contributed by atoms with Gasteiger partial charge in [-0.1, -0.05) is 6.92 Å². The molecule has 0 spiro atoms. The number of hydrogen-bond acceptors (Lipinski definition) is 3. The highest BCUT2D eigenvalue weighted by Gasteiger charge is 2.12. The third-order valence-corrected chi connectivity index (χ3v) is 3.19. The van der Waals surface area contributed by atoms with Gasteiger partial charge in [-0.15, -0.1) is 0 Å². The van der Waals surface area contributed by atoms with E-state index in [0.29, 0.717) is 12.0 Å². The molecule has 5 heteroatoms. The van der Waals surface area contributed by atoms with Crippen molar-refractivity contribution in [2.45, 2.75) is 19.8 Å². The van der Waals surface area contributed by atoms with Crippen LogP contribution in [0.25, 0.3) is 0 Å². The standard InChI is InChI=1S/C13H14BrN3O/c1-3-11-5-12(17(2)16-11)6-13(18)9-4-10(14)8-15-7-9/h4-5,7-8H,3,6H2,1-2H3. The Labute approximate surface area is 114 Å². The van der Waals surface area contributed by atoms with Crippen molar-refractivity contribution in [2.75, 3.05) is 0 Å². The number of carbonyl (C=O) groups excluding carboxylic acids is 1. The Kier molecular flexibility index (Phi) is 3.91. The van der Waals surface area contributed by atoms with Gasteiger partial charge in [-0.3, -0.25) is 14.5 Å². The van der Waals surface area contributed by atoms with E-state index in [4.69, 9.17) is 0 Å². The fourth-order valence-electron chi connectivity index (χ4n) is 1.74. The molecule has 94 valence electrons. The second-order valence-electron chi connectivity index (χ2n) is 4.10. The summed E-state index contributed by atoms with van der Waals surface area (Å²) in [5.41, 5.74) is 2.55. The highest BCUT2D eigenvalue weighted by atomic mass is 79.9. The Morgan fingerprint density at radius 1 is 1.39 bits per heavy atom. The van der Waals surface area contributed by atoms with Crippen LogP contribution in [0.15, 0.2) is 29.0 Å². The van der Waals surface area contributed by atoms with E-state index in [0.717, 1.165) is 22.3 Å². The molecule has 4 nitrogen and oxygen atoms in total. The van der Waals surface area contributed by atoms with E-state index in [1.807, 2.05) is 20.0 Å². The van der Waals surface area contributed by atoms with Gasteiger partial charge in [0, 0.05) is 35.2 Å². The predicted molar refractivity (Wildman–Crippen MR) is 72.6 cm³/mol. The molecule has 2 aromatic rings. The van der Waals surface area contributed by atoms with Crippen molar-refractivity contribution < 1.29 is 4.79 Å². The molecule has 0 radical (unpaired) electrons. The minimum absolute atomic E-state index is 0.0504. The van der Waals surface area contributed by atoms with Crippen LogP contribution in [-0.4, -0.2) is 20.5 Å². The lowest BCUT2D eigenvalue weighted by molar-refractivity contribution is 0.0990. The summed E-state index contributed by atoms with van der Waals surface area (Å²) < 4.78 is 2.58. The predicted octanol–water partition coefficient (Wildman–Crippen LogP) is 2.57. The highest BCUT2D eigenvalue weighted by molar-refractivity contribution is 9.10. The van der Waals surface area contributed by atoms with Crippen molar-refractivity contribution in [1.29, 1.82) is 0 Å². The van der Waals surface area contributed by atoms with Crippen LogP contribution in [0.1, 0.15) is 28.7 Å². The highest BCUT2D eigenvalue weighted by Crippen LogP contribution is 2.13. The molecular weight excluding hydrogens is 294 g/mol. The van der Waals surface area contributed by atoms with E-state index in [-0.39, 0.29) is 5.78 Å². The molecule has 0 saturated heterocycles. The summed E-state index contributed by atoms with van der Waals surface area (Å²) in [6.07, 6.45) is 4.47. The molecule has 0 bridgehead atoms. The number of pyridine rings is 1. The minimum atomic E-state index is 0.0504. The zero-order valence-electron chi connectivity index (χ0n) is 10.4.